The molecular weight excluding hydrogens is 492 g/mol. The van der Waals surface area contributed by atoms with Gasteiger partial charge in [0.05, 0.1) is 25.2 Å². The first-order valence-electron chi connectivity index (χ1n) is 11.6. The second kappa shape index (κ2) is 9.99. The summed E-state index contributed by atoms with van der Waals surface area (Å²) in [6.07, 6.45) is 3.25. The first-order valence-corrected chi connectivity index (χ1v) is 12.0. The van der Waals surface area contributed by atoms with Crippen LogP contribution in [0, 0.1) is 0 Å². The molecule has 0 amide bonds. The molecule has 0 bridgehead atoms. The number of phenolic OH excluding ortho intramolecular Hbond substituents is 3. The molecule has 0 radical (unpaired) electrons. The molecule has 0 fully saturated rings. The Morgan fingerprint density at radius 1 is 0.757 bits per heavy atom. The molecular formula is C30H25ClO6. The van der Waals surface area contributed by atoms with Gasteiger partial charge in [-0.1, -0.05) is 42.0 Å². The molecule has 1 heterocycles. The fourth-order valence-electron chi connectivity index (χ4n) is 4.60. The van der Waals surface area contributed by atoms with E-state index in [1.165, 1.54) is 12.1 Å². The minimum atomic E-state index is -0.343. The minimum Gasteiger partial charge on any atom is -0.508 e. The van der Waals surface area contributed by atoms with E-state index in [1.807, 2.05) is 54.6 Å². The average molecular weight is 517 g/mol. The molecule has 0 spiro atoms. The van der Waals surface area contributed by atoms with Crippen molar-refractivity contribution < 1.29 is 29.5 Å². The van der Waals surface area contributed by atoms with E-state index in [-0.39, 0.29) is 34.3 Å². The third-order valence-electron chi connectivity index (χ3n) is 6.40. The highest BCUT2D eigenvalue weighted by Crippen LogP contribution is 2.51. The number of hydrogen-bond donors (Lipinski definition) is 3. The van der Waals surface area contributed by atoms with Crippen LogP contribution >= 0.6 is 11.6 Å². The topological polar surface area (TPSA) is 88.4 Å². The second-order valence-corrected chi connectivity index (χ2v) is 9.13. The summed E-state index contributed by atoms with van der Waals surface area (Å²) in [5.41, 5.74) is 4.22. The van der Waals surface area contributed by atoms with Crippen LogP contribution in [0.25, 0.3) is 12.2 Å². The molecule has 0 aliphatic carbocycles. The molecule has 1 aliphatic heterocycles. The molecule has 0 saturated carbocycles. The van der Waals surface area contributed by atoms with Gasteiger partial charge in [-0.05, 0) is 59.2 Å². The lowest BCUT2D eigenvalue weighted by Gasteiger charge is -2.21. The predicted octanol–water partition coefficient (Wildman–Crippen LogP) is 6.91. The highest BCUT2D eigenvalue weighted by atomic mass is 35.5. The van der Waals surface area contributed by atoms with Gasteiger partial charge in [-0.3, -0.25) is 0 Å². The number of methoxy groups -OCH3 is 2. The standard InChI is InChI=1S/C30H25ClO6/c1-35-23-13-20(14-24(16-23)36-2)28-25-11-17(3-5-19-12-22(33)15-26(34)29(19)31)4-10-27(25)37-30(28)18-6-8-21(32)9-7-18/h3-16,28,30,32-34H,1-2H3/b5-3+. The maximum absolute atomic E-state index is 9.93. The molecule has 7 heteroatoms. The van der Waals surface area contributed by atoms with Crippen LogP contribution in [0.3, 0.4) is 0 Å². The molecule has 0 aromatic heterocycles. The van der Waals surface area contributed by atoms with E-state index in [9.17, 15) is 15.3 Å². The number of fused-ring (bicyclic) bond motifs is 1. The van der Waals surface area contributed by atoms with Gasteiger partial charge in [0.15, 0.2) is 0 Å². The quantitative estimate of drug-likeness (QED) is 0.241. The maximum Gasteiger partial charge on any atom is 0.138 e. The van der Waals surface area contributed by atoms with Crippen molar-refractivity contribution in [3.05, 3.63) is 106 Å². The first kappa shape index (κ1) is 24.4. The molecule has 4 aromatic carbocycles. The lowest BCUT2D eigenvalue weighted by molar-refractivity contribution is 0.222. The minimum absolute atomic E-state index is 0.0762. The van der Waals surface area contributed by atoms with Crippen molar-refractivity contribution >= 4 is 23.8 Å². The van der Waals surface area contributed by atoms with Crippen molar-refractivity contribution in [1.82, 2.24) is 0 Å². The number of aromatic hydroxyl groups is 3. The summed E-state index contributed by atoms with van der Waals surface area (Å²) in [6.45, 7) is 0. The number of halogens is 1. The van der Waals surface area contributed by atoms with Crippen molar-refractivity contribution in [3.63, 3.8) is 0 Å². The van der Waals surface area contributed by atoms with Crippen LogP contribution in [0.5, 0.6) is 34.5 Å². The van der Waals surface area contributed by atoms with E-state index in [2.05, 4.69) is 0 Å². The van der Waals surface area contributed by atoms with E-state index < -0.39 is 0 Å². The third kappa shape index (κ3) is 4.88. The fourth-order valence-corrected chi connectivity index (χ4v) is 4.77. The number of rotatable bonds is 6. The molecule has 3 N–H and O–H groups in total. The van der Waals surface area contributed by atoms with Gasteiger partial charge in [0.25, 0.3) is 0 Å². The molecule has 37 heavy (non-hydrogen) atoms. The van der Waals surface area contributed by atoms with Crippen molar-refractivity contribution in [2.45, 2.75) is 12.0 Å². The third-order valence-corrected chi connectivity index (χ3v) is 6.81. The first-order chi connectivity index (χ1) is 17.9. The lowest BCUT2D eigenvalue weighted by Crippen LogP contribution is -2.11. The zero-order valence-corrected chi connectivity index (χ0v) is 20.9. The van der Waals surface area contributed by atoms with Gasteiger partial charge < -0.3 is 29.5 Å². The van der Waals surface area contributed by atoms with Crippen LogP contribution < -0.4 is 14.2 Å². The Labute approximate surface area is 219 Å². The highest BCUT2D eigenvalue weighted by Gasteiger charge is 2.37. The van der Waals surface area contributed by atoms with Gasteiger partial charge in [0.1, 0.15) is 40.6 Å². The van der Waals surface area contributed by atoms with Gasteiger partial charge in [0, 0.05) is 23.3 Å². The lowest BCUT2D eigenvalue weighted by atomic mass is 9.84. The second-order valence-electron chi connectivity index (χ2n) is 8.75. The summed E-state index contributed by atoms with van der Waals surface area (Å²) >= 11 is 6.21. The molecule has 0 saturated heterocycles. The molecule has 2 unspecified atom stereocenters. The van der Waals surface area contributed by atoms with Gasteiger partial charge >= 0.3 is 0 Å². The normalized spacial score (nSPS) is 16.4. The van der Waals surface area contributed by atoms with Gasteiger partial charge in [-0.15, -0.1) is 0 Å². The van der Waals surface area contributed by atoms with Crippen molar-refractivity contribution in [1.29, 1.82) is 0 Å². The summed E-state index contributed by atoms with van der Waals surface area (Å²) < 4.78 is 17.5. The summed E-state index contributed by atoms with van der Waals surface area (Å²) in [5, 5.41) is 29.7. The zero-order chi connectivity index (χ0) is 26.1. The monoisotopic (exact) mass is 516 g/mol. The number of ether oxygens (including phenoxy) is 3. The van der Waals surface area contributed by atoms with Crippen molar-refractivity contribution in [2.24, 2.45) is 0 Å². The van der Waals surface area contributed by atoms with Crippen LogP contribution in [0.2, 0.25) is 5.02 Å². The van der Waals surface area contributed by atoms with Gasteiger partial charge in [0.2, 0.25) is 0 Å². The summed E-state index contributed by atoms with van der Waals surface area (Å²) in [4.78, 5) is 0. The Hall–Kier alpha value is -4.29. The van der Waals surface area contributed by atoms with Gasteiger partial charge in [-0.2, -0.15) is 0 Å². The largest absolute Gasteiger partial charge is 0.508 e. The Morgan fingerprint density at radius 2 is 1.46 bits per heavy atom. The smallest absolute Gasteiger partial charge is 0.138 e. The predicted molar refractivity (Wildman–Crippen MR) is 143 cm³/mol. The van der Waals surface area contributed by atoms with Crippen molar-refractivity contribution in [3.8, 4) is 34.5 Å². The van der Waals surface area contributed by atoms with Crippen LogP contribution in [0.15, 0.2) is 72.8 Å². The van der Waals surface area contributed by atoms with Crippen LogP contribution in [-0.2, 0) is 0 Å². The molecule has 1 aliphatic rings. The molecule has 2 atom stereocenters. The van der Waals surface area contributed by atoms with E-state index in [1.54, 1.807) is 32.4 Å². The van der Waals surface area contributed by atoms with Gasteiger partial charge in [-0.25, -0.2) is 0 Å². The summed E-state index contributed by atoms with van der Waals surface area (Å²) in [5.74, 6) is 1.81. The Kier molecular flexibility index (Phi) is 6.59. The Balaban J connectivity index is 1.59. The highest BCUT2D eigenvalue weighted by molar-refractivity contribution is 6.33. The van der Waals surface area contributed by atoms with Crippen LogP contribution in [0.4, 0.5) is 0 Å². The number of hydrogen-bond acceptors (Lipinski definition) is 6. The van der Waals surface area contributed by atoms with E-state index in [4.69, 9.17) is 25.8 Å². The van der Waals surface area contributed by atoms with E-state index in [0.717, 1.165) is 28.0 Å². The fraction of sp³-hybridized carbons (Fsp3) is 0.133. The van der Waals surface area contributed by atoms with Crippen molar-refractivity contribution in [2.75, 3.05) is 14.2 Å². The average Bonchev–Trinajstić information content (AvgIpc) is 3.28. The summed E-state index contributed by atoms with van der Waals surface area (Å²) in [7, 11) is 3.23. The summed E-state index contributed by atoms with van der Waals surface area (Å²) in [6, 6.07) is 21.3. The van der Waals surface area contributed by atoms with Crippen LogP contribution in [0.1, 0.15) is 39.8 Å². The van der Waals surface area contributed by atoms with E-state index >= 15 is 0 Å². The zero-order valence-electron chi connectivity index (χ0n) is 20.2. The Morgan fingerprint density at radius 3 is 2.14 bits per heavy atom. The number of phenols is 3. The SMILES string of the molecule is COc1cc(OC)cc(C2c3cc(/C=C/c4cc(O)cc(O)c4Cl)ccc3OC2c2ccc(O)cc2)c1. The molecule has 6 nitrogen and oxygen atoms in total. The molecule has 4 aromatic rings. The maximum atomic E-state index is 9.93. The number of benzene rings is 4. The van der Waals surface area contributed by atoms with E-state index in [0.29, 0.717) is 17.1 Å². The molecule has 188 valence electrons. The Bertz CT molecular complexity index is 1460. The van der Waals surface area contributed by atoms with Crippen LogP contribution in [-0.4, -0.2) is 29.5 Å². The molecule has 5 rings (SSSR count).